The molecule has 0 radical (unpaired) electrons. The lowest BCUT2D eigenvalue weighted by Gasteiger charge is -2.27. The number of hydrogen-bond acceptors (Lipinski definition) is 8. The van der Waals surface area contributed by atoms with Crippen molar-refractivity contribution in [2.45, 2.75) is 77.4 Å². The van der Waals surface area contributed by atoms with Crippen LogP contribution in [0.5, 0.6) is 5.75 Å². The van der Waals surface area contributed by atoms with Crippen LogP contribution in [0.25, 0.3) is 0 Å². The minimum Gasteiger partial charge on any atom is -0.495 e. The number of rotatable bonds is 8. The molecule has 0 spiro atoms. The van der Waals surface area contributed by atoms with Gasteiger partial charge in [0, 0.05) is 25.3 Å². The molecule has 248 valence electrons. The molecule has 2 amide bonds. The molecule has 2 heterocycles. The third-order valence-electron chi connectivity index (χ3n) is 8.14. The van der Waals surface area contributed by atoms with E-state index in [4.69, 9.17) is 30.5 Å². The lowest BCUT2D eigenvalue weighted by Crippen LogP contribution is -2.49. The number of epoxide rings is 1. The van der Waals surface area contributed by atoms with E-state index in [9.17, 15) is 19.2 Å². The van der Waals surface area contributed by atoms with Crippen LogP contribution >= 0.6 is 11.6 Å². The molecular weight excluding hydrogens is 612 g/mol. The van der Waals surface area contributed by atoms with Crippen molar-refractivity contribution in [1.29, 1.82) is 0 Å². The van der Waals surface area contributed by atoms with Crippen molar-refractivity contribution in [3.05, 3.63) is 76.8 Å². The van der Waals surface area contributed by atoms with Crippen molar-refractivity contribution in [2.24, 2.45) is 17.8 Å². The predicted octanol–water partition coefficient (Wildman–Crippen LogP) is 4.73. The molecule has 2 N–H and O–H groups in total. The van der Waals surface area contributed by atoms with Gasteiger partial charge in [0.05, 0.1) is 24.2 Å². The van der Waals surface area contributed by atoms with Crippen LogP contribution in [0, 0.1) is 17.8 Å². The molecule has 1 saturated heterocycles. The Bertz CT molecular complexity index is 1410. The molecule has 0 bridgehead atoms. The average Bonchev–Trinajstić information content (AvgIpc) is 3.83. The van der Waals surface area contributed by atoms with Crippen molar-refractivity contribution in [3.8, 4) is 5.75 Å². The standard InChI is InChI=1S/C35H43ClN2O8/c1-20(2)16-29-35(42)44-27(22(4)31-32(46-31)24-10-7-6-8-11-24)12-9-13-30(39)38-26(33(40)37-19-21(3)34(41)45-29)18-23-14-15-28(43-5)25(36)17-23/h6-11,13-15,17,20-22,26-27,29,31-32H,12,16,18-19H2,1-5H3,(H,37,40)(H,38,39)/b13-9-. The number of carbonyl (C=O) groups is 4. The van der Waals surface area contributed by atoms with Gasteiger partial charge in [0.1, 0.15) is 24.0 Å². The number of cyclic esters (lactones) is 2. The Balaban J connectivity index is 1.58. The van der Waals surface area contributed by atoms with Gasteiger partial charge in [-0.2, -0.15) is 0 Å². The average molecular weight is 655 g/mol. The monoisotopic (exact) mass is 654 g/mol. The summed E-state index contributed by atoms with van der Waals surface area (Å²) in [5, 5.41) is 5.86. The zero-order valence-electron chi connectivity index (χ0n) is 26.9. The molecule has 0 aromatic heterocycles. The van der Waals surface area contributed by atoms with Gasteiger partial charge >= 0.3 is 11.9 Å². The van der Waals surface area contributed by atoms with Gasteiger partial charge < -0.3 is 29.6 Å². The van der Waals surface area contributed by atoms with Crippen molar-refractivity contribution < 1.29 is 38.1 Å². The summed E-state index contributed by atoms with van der Waals surface area (Å²) in [4.78, 5) is 52.9. The van der Waals surface area contributed by atoms with Crippen LogP contribution in [0.2, 0.25) is 5.02 Å². The molecule has 1 fully saturated rings. The molecule has 0 aliphatic carbocycles. The Kier molecular flexibility index (Phi) is 12.2. The van der Waals surface area contributed by atoms with Gasteiger partial charge in [-0.25, -0.2) is 4.79 Å². The minimum absolute atomic E-state index is 0.0341. The highest BCUT2D eigenvalue weighted by molar-refractivity contribution is 6.32. The number of nitrogens with one attached hydrogen (secondary N) is 2. The first-order chi connectivity index (χ1) is 22.0. The topological polar surface area (TPSA) is 133 Å². The Morgan fingerprint density at radius 1 is 1.00 bits per heavy atom. The second kappa shape index (κ2) is 16.1. The van der Waals surface area contributed by atoms with E-state index >= 15 is 0 Å². The van der Waals surface area contributed by atoms with E-state index < -0.39 is 47.9 Å². The zero-order valence-corrected chi connectivity index (χ0v) is 27.6. The summed E-state index contributed by atoms with van der Waals surface area (Å²) >= 11 is 6.30. The summed E-state index contributed by atoms with van der Waals surface area (Å²) in [5.41, 5.74) is 1.73. The largest absolute Gasteiger partial charge is 0.495 e. The maximum absolute atomic E-state index is 13.5. The van der Waals surface area contributed by atoms with Crippen LogP contribution in [0.4, 0.5) is 0 Å². The summed E-state index contributed by atoms with van der Waals surface area (Å²) in [5.74, 6) is -2.78. The molecule has 4 rings (SSSR count). The second-order valence-electron chi connectivity index (χ2n) is 12.3. The van der Waals surface area contributed by atoms with Crippen LogP contribution in [0.3, 0.4) is 0 Å². The molecule has 7 atom stereocenters. The van der Waals surface area contributed by atoms with Crippen LogP contribution in [-0.4, -0.2) is 61.8 Å². The molecule has 2 aromatic carbocycles. The molecule has 7 unspecified atom stereocenters. The molecule has 2 aliphatic heterocycles. The predicted molar refractivity (Wildman–Crippen MR) is 172 cm³/mol. The highest BCUT2D eigenvalue weighted by atomic mass is 35.5. The van der Waals surface area contributed by atoms with Crippen LogP contribution in [-0.2, 0) is 39.8 Å². The van der Waals surface area contributed by atoms with E-state index in [0.717, 1.165) is 5.56 Å². The second-order valence-corrected chi connectivity index (χ2v) is 12.7. The molecule has 2 aromatic rings. The number of hydrogen-bond donors (Lipinski definition) is 2. The Labute approximate surface area is 275 Å². The third-order valence-corrected chi connectivity index (χ3v) is 8.44. The number of amides is 2. The summed E-state index contributed by atoms with van der Waals surface area (Å²) in [6.07, 6.45) is 1.40. The molecule has 2 aliphatic rings. The van der Waals surface area contributed by atoms with E-state index in [0.29, 0.717) is 16.3 Å². The number of methoxy groups -OCH3 is 1. The Morgan fingerprint density at radius 2 is 1.74 bits per heavy atom. The van der Waals surface area contributed by atoms with Gasteiger partial charge in [-0.15, -0.1) is 0 Å². The van der Waals surface area contributed by atoms with E-state index in [1.165, 1.54) is 13.2 Å². The van der Waals surface area contributed by atoms with Crippen molar-refractivity contribution in [1.82, 2.24) is 10.6 Å². The van der Waals surface area contributed by atoms with Gasteiger partial charge in [-0.1, -0.05) is 81.8 Å². The van der Waals surface area contributed by atoms with Crippen molar-refractivity contribution in [2.75, 3.05) is 13.7 Å². The molecular formula is C35H43ClN2O8. The highest BCUT2D eigenvalue weighted by Gasteiger charge is 2.47. The van der Waals surface area contributed by atoms with Crippen LogP contribution < -0.4 is 15.4 Å². The summed E-state index contributed by atoms with van der Waals surface area (Å²) in [7, 11) is 1.51. The maximum Gasteiger partial charge on any atom is 0.347 e. The third kappa shape index (κ3) is 9.56. The fourth-order valence-electron chi connectivity index (χ4n) is 5.39. The highest BCUT2D eigenvalue weighted by Crippen LogP contribution is 2.45. The number of ether oxygens (including phenoxy) is 4. The number of carbonyl (C=O) groups excluding carboxylic acids is 4. The quantitative estimate of drug-likeness (QED) is 0.308. The van der Waals surface area contributed by atoms with Crippen molar-refractivity contribution in [3.63, 3.8) is 0 Å². The van der Waals surface area contributed by atoms with Crippen LogP contribution in [0.15, 0.2) is 60.7 Å². The van der Waals surface area contributed by atoms with E-state index in [-0.39, 0.29) is 49.9 Å². The van der Waals surface area contributed by atoms with Crippen molar-refractivity contribution >= 4 is 35.4 Å². The normalized spacial score (nSPS) is 27.5. The van der Waals surface area contributed by atoms with Crippen LogP contribution in [0.1, 0.15) is 57.8 Å². The van der Waals surface area contributed by atoms with Gasteiger partial charge in [-0.05, 0) is 41.7 Å². The summed E-state index contributed by atoms with van der Waals surface area (Å²) in [6, 6.07) is 13.9. The smallest absolute Gasteiger partial charge is 0.347 e. The van der Waals surface area contributed by atoms with E-state index in [2.05, 4.69) is 10.6 Å². The van der Waals surface area contributed by atoms with E-state index in [1.807, 2.05) is 51.1 Å². The van der Waals surface area contributed by atoms with Gasteiger partial charge in [-0.3, -0.25) is 14.4 Å². The lowest BCUT2D eigenvalue weighted by molar-refractivity contribution is -0.176. The molecule has 0 saturated carbocycles. The molecule has 10 nitrogen and oxygen atoms in total. The Hall–Kier alpha value is -3.89. The molecule has 11 heteroatoms. The number of halogens is 1. The fourth-order valence-corrected chi connectivity index (χ4v) is 5.67. The maximum atomic E-state index is 13.5. The zero-order chi connectivity index (χ0) is 33.4. The lowest BCUT2D eigenvalue weighted by atomic mass is 9.93. The summed E-state index contributed by atoms with van der Waals surface area (Å²) < 4.78 is 22.9. The first kappa shape index (κ1) is 35.0. The number of esters is 2. The molecule has 46 heavy (non-hydrogen) atoms. The Morgan fingerprint density at radius 3 is 2.41 bits per heavy atom. The van der Waals surface area contributed by atoms with Gasteiger partial charge in [0.2, 0.25) is 11.8 Å². The first-order valence-corrected chi connectivity index (χ1v) is 16.0. The van der Waals surface area contributed by atoms with E-state index in [1.54, 1.807) is 31.2 Å². The first-order valence-electron chi connectivity index (χ1n) is 15.6. The van der Waals surface area contributed by atoms with Gasteiger partial charge in [0.15, 0.2) is 6.10 Å². The SMILES string of the molecule is COc1ccc(CC2NC(=O)/C=C\CC(C(C)C3OC3c3ccccc3)OC(=O)C(CC(C)C)OC(=O)C(C)CNC2=O)cc1Cl. The van der Waals surface area contributed by atoms with Gasteiger partial charge in [0.25, 0.3) is 0 Å². The summed E-state index contributed by atoms with van der Waals surface area (Å²) in [6.45, 7) is 7.31. The minimum atomic E-state index is -1.13. The number of benzene rings is 2. The fraction of sp³-hybridized carbons (Fsp3) is 0.486.